The minimum atomic E-state index is -3.87. The Morgan fingerprint density at radius 2 is 2.10 bits per heavy atom. The third-order valence-electron chi connectivity index (χ3n) is 3.50. The average molecular weight is 316 g/mol. The Hall–Kier alpha value is -1.34. The summed E-state index contributed by atoms with van der Waals surface area (Å²) in [6.07, 6.45) is 4.30. The zero-order valence-corrected chi connectivity index (χ0v) is 13.6. The van der Waals surface area contributed by atoms with Crippen molar-refractivity contribution in [2.24, 2.45) is 11.1 Å². The van der Waals surface area contributed by atoms with Gasteiger partial charge in [0.25, 0.3) is 5.91 Å². The van der Waals surface area contributed by atoms with Gasteiger partial charge in [-0.25, -0.2) is 13.6 Å². The van der Waals surface area contributed by atoms with Gasteiger partial charge in [0.05, 0.1) is 0 Å². The van der Waals surface area contributed by atoms with E-state index in [1.54, 1.807) is 0 Å². The number of nitrogens with two attached hydrogens (primary N) is 1. The molecule has 1 heterocycles. The summed E-state index contributed by atoms with van der Waals surface area (Å²) in [5.74, 6) is 0.105. The van der Waals surface area contributed by atoms with E-state index in [2.05, 4.69) is 19.2 Å². The van der Waals surface area contributed by atoms with E-state index in [-0.39, 0.29) is 16.4 Å². The maximum Gasteiger partial charge on any atom is 0.287 e. The Bertz CT molecular complexity index is 578. The first-order chi connectivity index (χ1) is 9.79. The number of unbranched alkanes of at least 4 members (excludes halogenated alkanes) is 1. The summed E-state index contributed by atoms with van der Waals surface area (Å²) in [7, 11) is -3.87. The van der Waals surface area contributed by atoms with Gasteiger partial charge in [0.15, 0.2) is 5.76 Å². The monoisotopic (exact) mass is 316 g/mol. The predicted molar refractivity (Wildman–Crippen MR) is 80.5 cm³/mol. The van der Waals surface area contributed by atoms with E-state index >= 15 is 0 Å². The second-order valence-electron chi connectivity index (χ2n) is 5.20. The Morgan fingerprint density at radius 3 is 2.57 bits per heavy atom. The second-order valence-corrected chi connectivity index (χ2v) is 6.73. The van der Waals surface area contributed by atoms with Gasteiger partial charge in [-0.3, -0.25) is 4.79 Å². The SMILES string of the molecule is CCCCC(CC)CNC(=O)c1cc(S(N)(=O)=O)c(C)o1. The van der Waals surface area contributed by atoms with Gasteiger partial charge in [0.1, 0.15) is 10.7 Å². The molecule has 0 aliphatic heterocycles. The van der Waals surface area contributed by atoms with E-state index in [4.69, 9.17) is 9.56 Å². The van der Waals surface area contributed by atoms with Crippen molar-refractivity contribution in [1.29, 1.82) is 0 Å². The van der Waals surface area contributed by atoms with E-state index in [0.29, 0.717) is 12.5 Å². The van der Waals surface area contributed by atoms with Crippen molar-refractivity contribution >= 4 is 15.9 Å². The Kier molecular flexibility index (Phi) is 6.42. The molecule has 1 amide bonds. The van der Waals surface area contributed by atoms with Gasteiger partial charge in [-0.2, -0.15) is 0 Å². The van der Waals surface area contributed by atoms with Crippen LogP contribution in [0.4, 0.5) is 0 Å². The summed E-state index contributed by atoms with van der Waals surface area (Å²) in [5, 5.41) is 7.83. The normalized spacial score (nSPS) is 13.1. The summed E-state index contributed by atoms with van der Waals surface area (Å²) in [4.78, 5) is 11.8. The molecule has 21 heavy (non-hydrogen) atoms. The van der Waals surface area contributed by atoms with Crippen LogP contribution in [0.25, 0.3) is 0 Å². The van der Waals surface area contributed by atoms with Crippen molar-refractivity contribution in [3.63, 3.8) is 0 Å². The number of carbonyl (C=O) groups excluding carboxylic acids is 1. The number of furan rings is 1. The van der Waals surface area contributed by atoms with Crippen LogP contribution in [0.15, 0.2) is 15.4 Å². The van der Waals surface area contributed by atoms with Crippen LogP contribution < -0.4 is 10.5 Å². The fourth-order valence-corrected chi connectivity index (χ4v) is 2.84. The van der Waals surface area contributed by atoms with Gasteiger partial charge >= 0.3 is 0 Å². The lowest BCUT2D eigenvalue weighted by atomic mass is 9.99. The van der Waals surface area contributed by atoms with E-state index in [9.17, 15) is 13.2 Å². The quantitative estimate of drug-likeness (QED) is 0.767. The third kappa shape index (κ3) is 5.17. The van der Waals surface area contributed by atoms with Crippen LogP contribution in [-0.2, 0) is 10.0 Å². The average Bonchev–Trinajstić information content (AvgIpc) is 2.81. The number of nitrogens with one attached hydrogen (secondary N) is 1. The van der Waals surface area contributed by atoms with E-state index in [0.717, 1.165) is 25.7 Å². The maximum absolute atomic E-state index is 12.0. The number of sulfonamides is 1. The molecule has 0 saturated carbocycles. The molecular formula is C14H24N2O4S. The second kappa shape index (κ2) is 7.61. The van der Waals surface area contributed by atoms with Gasteiger partial charge in [0.2, 0.25) is 10.0 Å². The van der Waals surface area contributed by atoms with Crippen LogP contribution in [0.5, 0.6) is 0 Å². The molecule has 0 fully saturated rings. The molecular weight excluding hydrogens is 292 g/mol. The first-order valence-corrected chi connectivity index (χ1v) is 8.75. The fraction of sp³-hybridized carbons (Fsp3) is 0.643. The van der Waals surface area contributed by atoms with Gasteiger partial charge in [-0.15, -0.1) is 0 Å². The highest BCUT2D eigenvalue weighted by Crippen LogP contribution is 2.19. The molecule has 120 valence electrons. The van der Waals surface area contributed by atoms with Crippen LogP contribution in [0.2, 0.25) is 0 Å². The number of primary sulfonamides is 1. The number of rotatable bonds is 8. The zero-order valence-electron chi connectivity index (χ0n) is 12.8. The first kappa shape index (κ1) is 17.7. The summed E-state index contributed by atoms with van der Waals surface area (Å²) in [6.45, 7) is 6.24. The highest BCUT2D eigenvalue weighted by atomic mass is 32.2. The molecule has 0 bridgehead atoms. The molecule has 6 nitrogen and oxygen atoms in total. The Balaban J connectivity index is 2.68. The minimum absolute atomic E-state index is 0.0260. The van der Waals surface area contributed by atoms with Crippen LogP contribution in [0.3, 0.4) is 0 Å². The van der Waals surface area contributed by atoms with Gasteiger partial charge in [-0.05, 0) is 19.3 Å². The smallest absolute Gasteiger partial charge is 0.287 e. The van der Waals surface area contributed by atoms with Gasteiger partial charge in [0, 0.05) is 12.6 Å². The van der Waals surface area contributed by atoms with Crippen molar-refractivity contribution < 1.29 is 17.6 Å². The molecule has 1 unspecified atom stereocenters. The zero-order chi connectivity index (χ0) is 16.0. The van der Waals surface area contributed by atoms with Crippen LogP contribution in [0, 0.1) is 12.8 Å². The van der Waals surface area contributed by atoms with Crippen molar-refractivity contribution in [2.45, 2.75) is 51.3 Å². The van der Waals surface area contributed by atoms with Gasteiger partial charge < -0.3 is 9.73 Å². The van der Waals surface area contributed by atoms with Crippen molar-refractivity contribution in [1.82, 2.24) is 5.32 Å². The molecule has 0 aliphatic carbocycles. The largest absolute Gasteiger partial charge is 0.455 e. The Morgan fingerprint density at radius 1 is 1.43 bits per heavy atom. The number of hydrogen-bond acceptors (Lipinski definition) is 4. The minimum Gasteiger partial charge on any atom is -0.455 e. The van der Waals surface area contributed by atoms with Crippen LogP contribution in [0.1, 0.15) is 55.8 Å². The molecule has 7 heteroatoms. The van der Waals surface area contributed by atoms with Crippen molar-refractivity contribution in [3.05, 3.63) is 17.6 Å². The molecule has 0 saturated heterocycles. The number of carbonyl (C=O) groups is 1. The van der Waals surface area contributed by atoms with E-state index in [1.165, 1.54) is 13.0 Å². The molecule has 1 atom stereocenters. The highest BCUT2D eigenvalue weighted by Gasteiger charge is 2.21. The third-order valence-corrected chi connectivity index (χ3v) is 4.52. The standard InChI is InChI=1S/C14H24N2O4S/c1-4-6-7-11(5-2)9-16-14(17)12-8-13(10(3)20-12)21(15,18)19/h8,11H,4-7,9H2,1-3H3,(H,16,17)(H2,15,18,19). The molecule has 0 aliphatic rings. The van der Waals surface area contributed by atoms with Gasteiger partial charge in [-0.1, -0.05) is 33.1 Å². The van der Waals surface area contributed by atoms with Crippen molar-refractivity contribution in [3.8, 4) is 0 Å². The summed E-state index contributed by atoms with van der Waals surface area (Å²) in [5.41, 5.74) is 0. The molecule has 0 radical (unpaired) electrons. The van der Waals surface area contributed by atoms with Crippen LogP contribution >= 0.6 is 0 Å². The van der Waals surface area contributed by atoms with E-state index in [1.807, 2.05) is 0 Å². The topological polar surface area (TPSA) is 102 Å². The molecule has 1 aromatic heterocycles. The van der Waals surface area contributed by atoms with E-state index < -0.39 is 15.9 Å². The first-order valence-electron chi connectivity index (χ1n) is 7.21. The molecule has 3 N–H and O–H groups in total. The lowest BCUT2D eigenvalue weighted by molar-refractivity contribution is 0.0916. The Labute approximate surface area is 126 Å². The van der Waals surface area contributed by atoms with Crippen molar-refractivity contribution in [2.75, 3.05) is 6.54 Å². The number of amides is 1. The predicted octanol–water partition coefficient (Wildman–Crippen LogP) is 2.18. The summed E-state index contributed by atoms with van der Waals surface area (Å²) in [6, 6.07) is 1.17. The molecule has 0 aromatic carbocycles. The fourth-order valence-electron chi connectivity index (χ4n) is 2.13. The number of hydrogen-bond donors (Lipinski definition) is 2. The number of aryl methyl sites for hydroxylation is 1. The summed E-state index contributed by atoms with van der Waals surface area (Å²) < 4.78 is 27.8. The highest BCUT2D eigenvalue weighted by molar-refractivity contribution is 7.89. The summed E-state index contributed by atoms with van der Waals surface area (Å²) >= 11 is 0. The lowest BCUT2D eigenvalue weighted by Crippen LogP contribution is -2.28. The maximum atomic E-state index is 12.0. The molecule has 1 aromatic rings. The molecule has 0 spiro atoms. The van der Waals surface area contributed by atoms with Crippen LogP contribution in [-0.4, -0.2) is 20.9 Å². The lowest BCUT2D eigenvalue weighted by Gasteiger charge is -2.14. The molecule has 1 rings (SSSR count).